The molecule has 0 radical (unpaired) electrons. The molecule has 1 saturated heterocycles. The van der Waals surface area contributed by atoms with Crippen LogP contribution in [0.2, 0.25) is 0 Å². The second kappa shape index (κ2) is 11.1. The number of halogens is 3. The Labute approximate surface area is 225 Å². The zero-order valence-electron chi connectivity index (χ0n) is 22.5. The van der Waals surface area contributed by atoms with Crippen molar-refractivity contribution in [2.45, 2.75) is 57.9 Å². The highest BCUT2D eigenvalue weighted by Crippen LogP contribution is 2.29. The fourth-order valence-corrected chi connectivity index (χ4v) is 4.46. The van der Waals surface area contributed by atoms with Gasteiger partial charge in [0.2, 0.25) is 5.91 Å². The van der Waals surface area contributed by atoms with Gasteiger partial charge in [0.05, 0.1) is 17.1 Å². The van der Waals surface area contributed by atoms with Crippen molar-refractivity contribution in [2.24, 2.45) is 0 Å². The molecule has 0 aliphatic carbocycles. The van der Waals surface area contributed by atoms with E-state index in [0.717, 1.165) is 41.8 Å². The van der Waals surface area contributed by atoms with Crippen molar-refractivity contribution >= 4 is 34.4 Å². The number of hydrogen-bond donors (Lipinski definition) is 1. The minimum absolute atomic E-state index is 0.0255. The Morgan fingerprint density at radius 1 is 1.08 bits per heavy atom. The Balaban J connectivity index is 1.33. The fourth-order valence-electron chi connectivity index (χ4n) is 4.46. The number of amides is 2. The summed E-state index contributed by atoms with van der Waals surface area (Å²) in [5.74, 6) is 0.590. The van der Waals surface area contributed by atoms with Crippen LogP contribution in [0, 0.1) is 0 Å². The number of hydrogen-bond acceptors (Lipinski definition) is 5. The number of nitrogens with one attached hydrogen (secondary N) is 1. The molecule has 1 aromatic heterocycles. The molecule has 3 aromatic rings. The van der Waals surface area contributed by atoms with Gasteiger partial charge in [-0.2, -0.15) is 13.2 Å². The monoisotopic (exact) mass is 542 g/mol. The summed E-state index contributed by atoms with van der Waals surface area (Å²) in [6.45, 7) is 6.96. The molecule has 208 valence electrons. The average Bonchev–Trinajstić information content (AvgIpc) is 3.36. The third-order valence-corrected chi connectivity index (χ3v) is 6.60. The number of alkyl halides is 3. The van der Waals surface area contributed by atoms with E-state index in [1.54, 1.807) is 18.0 Å². The standard InChI is InChI=1S/C29H33F3N4O3/c1-28(2,3)39-27(38)35(4)23-15-16-36(18-23)25-13-8-20-17-22(11-12-24(20)34-25)33-26(37)14-7-19-5-9-21(10-6-19)29(30,31)32/h5-6,8-13,17,23H,7,14-16,18H2,1-4H3,(H,33,37)/t23-/m1/s1. The predicted octanol–water partition coefficient (Wildman–Crippen LogP) is 6.27. The first-order valence-electron chi connectivity index (χ1n) is 12.9. The Morgan fingerprint density at radius 3 is 2.46 bits per heavy atom. The van der Waals surface area contributed by atoms with Gasteiger partial charge < -0.3 is 19.9 Å². The molecule has 39 heavy (non-hydrogen) atoms. The lowest BCUT2D eigenvalue weighted by molar-refractivity contribution is -0.137. The van der Waals surface area contributed by atoms with E-state index in [-0.39, 0.29) is 24.5 Å². The summed E-state index contributed by atoms with van der Waals surface area (Å²) in [6, 6.07) is 14.2. The molecule has 0 bridgehead atoms. The molecule has 2 heterocycles. The summed E-state index contributed by atoms with van der Waals surface area (Å²) in [7, 11) is 1.76. The Hall–Kier alpha value is -3.82. The van der Waals surface area contributed by atoms with Crippen LogP contribution in [0.3, 0.4) is 0 Å². The number of benzene rings is 2. The van der Waals surface area contributed by atoms with Crippen molar-refractivity contribution < 1.29 is 27.5 Å². The van der Waals surface area contributed by atoms with Crippen LogP contribution in [0.5, 0.6) is 0 Å². The summed E-state index contributed by atoms with van der Waals surface area (Å²) in [4.78, 5) is 33.4. The summed E-state index contributed by atoms with van der Waals surface area (Å²) < 4.78 is 43.6. The molecule has 1 aliphatic rings. The molecule has 2 aromatic carbocycles. The minimum atomic E-state index is -4.38. The molecule has 0 saturated carbocycles. The van der Waals surface area contributed by atoms with E-state index >= 15 is 0 Å². The maximum atomic E-state index is 12.7. The number of aryl methyl sites for hydroxylation is 1. The molecule has 0 unspecified atom stereocenters. The normalized spacial score (nSPS) is 15.9. The zero-order valence-corrected chi connectivity index (χ0v) is 22.5. The summed E-state index contributed by atoms with van der Waals surface area (Å²) in [5, 5.41) is 3.71. The number of carbonyl (C=O) groups is 2. The van der Waals surface area contributed by atoms with E-state index in [1.165, 1.54) is 12.1 Å². The summed E-state index contributed by atoms with van der Waals surface area (Å²) in [5.41, 5.74) is 0.804. The third-order valence-electron chi connectivity index (χ3n) is 6.60. The van der Waals surface area contributed by atoms with Crippen molar-refractivity contribution in [3.63, 3.8) is 0 Å². The van der Waals surface area contributed by atoms with Gasteiger partial charge in [-0.1, -0.05) is 12.1 Å². The van der Waals surface area contributed by atoms with E-state index < -0.39 is 17.3 Å². The van der Waals surface area contributed by atoms with Gasteiger partial charge in [0.1, 0.15) is 11.4 Å². The number of nitrogens with zero attached hydrogens (tertiary/aromatic N) is 3. The lowest BCUT2D eigenvalue weighted by atomic mass is 10.1. The van der Waals surface area contributed by atoms with Gasteiger partial charge in [-0.3, -0.25) is 4.79 Å². The third kappa shape index (κ3) is 7.40. The van der Waals surface area contributed by atoms with E-state index in [2.05, 4.69) is 10.2 Å². The van der Waals surface area contributed by atoms with E-state index in [4.69, 9.17) is 9.72 Å². The summed E-state index contributed by atoms with van der Waals surface area (Å²) >= 11 is 0. The molecule has 0 spiro atoms. The minimum Gasteiger partial charge on any atom is -0.444 e. The maximum Gasteiger partial charge on any atom is 0.416 e. The van der Waals surface area contributed by atoms with Crippen LogP contribution in [-0.2, 0) is 22.1 Å². The first-order valence-corrected chi connectivity index (χ1v) is 12.9. The number of rotatable bonds is 6. The van der Waals surface area contributed by atoms with Gasteiger partial charge in [0, 0.05) is 37.6 Å². The quantitative estimate of drug-likeness (QED) is 0.397. The Morgan fingerprint density at radius 2 is 1.79 bits per heavy atom. The molecule has 1 atom stereocenters. The van der Waals surface area contributed by atoms with Gasteiger partial charge in [-0.15, -0.1) is 0 Å². The van der Waals surface area contributed by atoms with E-state index in [0.29, 0.717) is 24.2 Å². The molecule has 10 heteroatoms. The van der Waals surface area contributed by atoms with E-state index in [1.807, 2.05) is 45.0 Å². The average molecular weight is 543 g/mol. The molecule has 1 aliphatic heterocycles. The highest BCUT2D eigenvalue weighted by atomic mass is 19.4. The van der Waals surface area contributed by atoms with Crippen LogP contribution < -0.4 is 10.2 Å². The zero-order chi connectivity index (χ0) is 28.4. The Bertz CT molecular complexity index is 1340. The first kappa shape index (κ1) is 28.2. The van der Waals surface area contributed by atoms with Crippen LogP contribution in [0.1, 0.15) is 44.7 Å². The van der Waals surface area contributed by atoms with Crippen molar-refractivity contribution in [3.05, 3.63) is 65.7 Å². The molecule has 7 nitrogen and oxygen atoms in total. The van der Waals surface area contributed by atoms with Crippen LogP contribution >= 0.6 is 0 Å². The number of fused-ring (bicyclic) bond motifs is 1. The number of carbonyl (C=O) groups excluding carboxylic acids is 2. The Kier molecular flexibility index (Phi) is 8.04. The van der Waals surface area contributed by atoms with Crippen molar-refractivity contribution in [1.82, 2.24) is 9.88 Å². The molecule has 1 N–H and O–H groups in total. The fraction of sp³-hybridized carbons (Fsp3) is 0.414. The highest BCUT2D eigenvalue weighted by Gasteiger charge is 2.32. The highest BCUT2D eigenvalue weighted by molar-refractivity contribution is 5.94. The van der Waals surface area contributed by atoms with Gasteiger partial charge in [0.15, 0.2) is 0 Å². The van der Waals surface area contributed by atoms with Crippen molar-refractivity contribution in [2.75, 3.05) is 30.4 Å². The van der Waals surface area contributed by atoms with Crippen molar-refractivity contribution in [3.8, 4) is 0 Å². The lowest BCUT2D eigenvalue weighted by Gasteiger charge is -2.28. The molecule has 2 amide bonds. The second-order valence-corrected chi connectivity index (χ2v) is 10.8. The number of pyridine rings is 1. The molecular weight excluding hydrogens is 509 g/mol. The van der Waals surface area contributed by atoms with Gasteiger partial charge in [-0.25, -0.2) is 9.78 Å². The largest absolute Gasteiger partial charge is 0.444 e. The van der Waals surface area contributed by atoms with Crippen LogP contribution in [0.25, 0.3) is 10.9 Å². The molecular formula is C29H33F3N4O3. The van der Waals surface area contributed by atoms with Crippen molar-refractivity contribution in [1.29, 1.82) is 0 Å². The van der Waals surface area contributed by atoms with Crippen LogP contribution in [0.4, 0.5) is 29.5 Å². The topological polar surface area (TPSA) is 74.8 Å². The number of likely N-dealkylation sites (N-methyl/N-ethyl adjacent to an activating group) is 1. The summed E-state index contributed by atoms with van der Waals surface area (Å²) in [6.07, 6.45) is -3.42. The molecule has 1 fully saturated rings. The van der Waals surface area contributed by atoms with Gasteiger partial charge >= 0.3 is 12.3 Å². The first-order chi connectivity index (χ1) is 18.3. The lowest BCUT2D eigenvalue weighted by Crippen LogP contribution is -2.42. The number of aromatic nitrogens is 1. The smallest absolute Gasteiger partial charge is 0.416 e. The number of anilines is 2. The SMILES string of the molecule is CN(C(=O)OC(C)(C)C)[C@@H]1CCN(c2ccc3cc(NC(=O)CCc4ccc(C(F)(F)F)cc4)ccc3n2)C1. The van der Waals surface area contributed by atoms with Gasteiger partial charge in [0.25, 0.3) is 0 Å². The second-order valence-electron chi connectivity index (χ2n) is 10.8. The van der Waals surface area contributed by atoms with Crippen LogP contribution in [-0.4, -0.2) is 53.7 Å². The van der Waals surface area contributed by atoms with E-state index in [9.17, 15) is 22.8 Å². The molecule has 4 rings (SSSR count). The van der Waals surface area contributed by atoms with Gasteiger partial charge in [-0.05, 0) is 81.6 Å². The van der Waals surface area contributed by atoms with Crippen LogP contribution in [0.15, 0.2) is 54.6 Å². The maximum absolute atomic E-state index is 12.7. The number of ether oxygens (including phenoxy) is 1. The predicted molar refractivity (Wildman–Crippen MR) is 145 cm³/mol.